The average molecular weight is 662 g/mol. The van der Waals surface area contributed by atoms with Crippen molar-refractivity contribution >= 4 is 67.3 Å². The van der Waals surface area contributed by atoms with Gasteiger partial charge in [-0.15, -0.1) is 0 Å². The molecule has 0 radical (unpaired) electrons. The molecule has 0 bridgehead atoms. The molecule has 0 N–H and O–H groups in total. The van der Waals surface area contributed by atoms with Gasteiger partial charge in [0, 0.05) is 57.3 Å². The quantitative estimate of drug-likeness (QED) is 0.0949. The molecule has 2 atom stereocenters. The SMILES string of the molecule is O=[N+]([O-])c1ccc(C(SOSC(c2ccc(Br)cc2)c2ccc([N+](=O)[O-])cc2)c2ccc(Br)cc2)cc1. The molecule has 0 fully saturated rings. The summed E-state index contributed by atoms with van der Waals surface area (Å²) in [6.07, 6.45) is 0. The average Bonchev–Trinajstić information content (AvgIpc) is 2.90. The van der Waals surface area contributed by atoms with Gasteiger partial charge >= 0.3 is 0 Å². The van der Waals surface area contributed by atoms with Crippen LogP contribution in [0.2, 0.25) is 0 Å². The molecule has 4 aromatic carbocycles. The van der Waals surface area contributed by atoms with Gasteiger partial charge in [-0.2, -0.15) is 0 Å². The minimum atomic E-state index is -0.426. The van der Waals surface area contributed by atoms with E-state index in [2.05, 4.69) is 31.9 Å². The molecule has 4 aromatic rings. The normalized spacial score (nSPS) is 12.6. The molecule has 37 heavy (non-hydrogen) atoms. The van der Waals surface area contributed by atoms with E-state index in [0.717, 1.165) is 31.2 Å². The molecule has 0 aromatic heterocycles. The number of nitro benzene ring substituents is 2. The molecule has 0 heterocycles. The van der Waals surface area contributed by atoms with Crippen LogP contribution in [-0.2, 0) is 3.63 Å². The van der Waals surface area contributed by atoms with Crippen LogP contribution < -0.4 is 0 Å². The van der Waals surface area contributed by atoms with E-state index in [1.165, 1.54) is 48.4 Å². The second-order valence-electron chi connectivity index (χ2n) is 7.82. The lowest BCUT2D eigenvalue weighted by Gasteiger charge is -2.20. The highest BCUT2D eigenvalue weighted by atomic mass is 79.9. The van der Waals surface area contributed by atoms with E-state index in [1.54, 1.807) is 24.3 Å². The van der Waals surface area contributed by atoms with E-state index in [9.17, 15) is 20.2 Å². The van der Waals surface area contributed by atoms with Crippen LogP contribution in [0.5, 0.6) is 0 Å². The predicted octanol–water partition coefficient (Wildman–Crippen LogP) is 9.22. The van der Waals surface area contributed by atoms with Gasteiger partial charge < -0.3 is 0 Å². The fraction of sp³-hybridized carbons (Fsp3) is 0.0769. The zero-order chi connectivity index (χ0) is 26.4. The molecule has 11 heteroatoms. The second-order valence-corrected chi connectivity index (χ2v) is 11.5. The van der Waals surface area contributed by atoms with E-state index in [4.69, 9.17) is 3.63 Å². The van der Waals surface area contributed by atoms with Crippen molar-refractivity contribution in [1.29, 1.82) is 0 Å². The van der Waals surface area contributed by atoms with Crippen LogP contribution in [0.3, 0.4) is 0 Å². The van der Waals surface area contributed by atoms with Gasteiger partial charge in [-0.05, 0) is 46.5 Å². The first kappa shape index (κ1) is 27.3. The molecule has 188 valence electrons. The van der Waals surface area contributed by atoms with E-state index < -0.39 is 9.85 Å². The van der Waals surface area contributed by atoms with Gasteiger partial charge in [-0.1, -0.05) is 80.4 Å². The van der Waals surface area contributed by atoms with Gasteiger partial charge in [0.25, 0.3) is 11.4 Å². The molecule has 2 unspecified atom stereocenters. The first-order chi connectivity index (χ1) is 17.8. The Kier molecular flexibility index (Phi) is 9.38. The Balaban J connectivity index is 1.59. The first-order valence-corrected chi connectivity index (χ1v) is 14.0. The van der Waals surface area contributed by atoms with Crippen LogP contribution in [0.4, 0.5) is 11.4 Å². The van der Waals surface area contributed by atoms with E-state index in [1.807, 2.05) is 48.5 Å². The summed E-state index contributed by atoms with van der Waals surface area (Å²) in [4.78, 5) is 21.4. The zero-order valence-corrected chi connectivity index (χ0v) is 23.7. The highest BCUT2D eigenvalue weighted by molar-refractivity contribution is 9.10. The molecule has 0 aliphatic rings. The summed E-state index contributed by atoms with van der Waals surface area (Å²) in [6.45, 7) is 0. The maximum absolute atomic E-state index is 11.1. The summed E-state index contributed by atoms with van der Waals surface area (Å²) in [5.41, 5.74) is 3.69. The summed E-state index contributed by atoms with van der Waals surface area (Å²) >= 11 is 9.39. The Bertz CT molecular complexity index is 1260. The fourth-order valence-corrected chi connectivity index (χ4v) is 5.94. The maximum atomic E-state index is 11.1. The third-order valence-electron chi connectivity index (χ3n) is 5.43. The number of hydrogen-bond acceptors (Lipinski definition) is 7. The summed E-state index contributed by atoms with van der Waals surface area (Å²) in [6, 6.07) is 28.5. The highest BCUT2D eigenvalue weighted by Gasteiger charge is 2.22. The number of halogens is 2. The molecular formula is C26H18Br2N2O5S2. The van der Waals surface area contributed by atoms with Crippen LogP contribution >= 0.6 is 55.9 Å². The molecule has 0 aliphatic heterocycles. The van der Waals surface area contributed by atoms with Crippen LogP contribution in [0.25, 0.3) is 0 Å². The van der Waals surface area contributed by atoms with Crippen LogP contribution in [-0.4, -0.2) is 9.85 Å². The summed E-state index contributed by atoms with van der Waals surface area (Å²) < 4.78 is 8.01. The van der Waals surface area contributed by atoms with Gasteiger partial charge in [-0.25, -0.2) is 3.63 Å². The summed E-state index contributed by atoms with van der Waals surface area (Å²) in [5, 5.41) is 21.7. The monoisotopic (exact) mass is 660 g/mol. The molecule has 7 nitrogen and oxygen atoms in total. The van der Waals surface area contributed by atoms with Crippen LogP contribution in [0.15, 0.2) is 106 Å². The maximum Gasteiger partial charge on any atom is 0.269 e. The largest absolute Gasteiger partial charge is 0.269 e. The van der Waals surface area contributed by atoms with Crippen molar-refractivity contribution in [1.82, 2.24) is 0 Å². The van der Waals surface area contributed by atoms with Gasteiger partial charge in [0.05, 0.1) is 20.3 Å². The number of benzene rings is 4. The van der Waals surface area contributed by atoms with Crippen LogP contribution in [0, 0.1) is 20.2 Å². The fourth-order valence-electron chi connectivity index (χ4n) is 3.53. The van der Waals surface area contributed by atoms with E-state index >= 15 is 0 Å². The molecule has 0 saturated carbocycles. The smallest absolute Gasteiger partial charge is 0.258 e. The number of hydrogen-bond donors (Lipinski definition) is 0. The minimum Gasteiger partial charge on any atom is -0.258 e. The lowest BCUT2D eigenvalue weighted by molar-refractivity contribution is -0.385. The lowest BCUT2D eigenvalue weighted by atomic mass is 10.0. The van der Waals surface area contributed by atoms with Crippen molar-refractivity contribution in [3.63, 3.8) is 0 Å². The highest BCUT2D eigenvalue weighted by Crippen LogP contribution is 2.45. The van der Waals surface area contributed by atoms with Gasteiger partial charge in [0.1, 0.15) is 0 Å². The Morgan fingerprint density at radius 1 is 0.541 bits per heavy atom. The number of non-ortho nitro benzene ring substituents is 2. The second kappa shape index (κ2) is 12.7. The molecular weight excluding hydrogens is 644 g/mol. The minimum absolute atomic E-state index is 0.0204. The standard InChI is InChI=1S/C26H18Br2N2O5S2/c27-21-9-1-17(2-10-21)25(19-5-13-23(14-6-19)29(31)32)36-35-37-26(18-3-11-22(28)12-4-18)20-7-15-24(16-8-20)30(33)34/h1-16,25-26H. The lowest BCUT2D eigenvalue weighted by Crippen LogP contribution is -2.00. The van der Waals surface area contributed by atoms with Crippen molar-refractivity contribution < 1.29 is 13.5 Å². The van der Waals surface area contributed by atoms with E-state index in [-0.39, 0.29) is 21.9 Å². The first-order valence-electron chi connectivity index (χ1n) is 10.8. The molecule has 4 rings (SSSR count). The summed E-state index contributed by atoms with van der Waals surface area (Å²) in [7, 11) is 0. The Morgan fingerprint density at radius 2 is 0.811 bits per heavy atom. The van der Waals surface area contributed by atoms with E-state index in [0.29, 0.717) is 0 Å². The van der Waals surface area contributed by atoms with Crippen molar-refractivity contribution in [2.45, 2.75) is 10.5 Å². The molecule has 0 spiro atoms. The Labute approximate surface area is 238 Å². The molecule has 0 aliphatic carbocycles. The van der Waals surface area contributed by atoms with Crippen LogP contribution in [0.1, 0.15) is 32.8 Å². The van der Waals surface area contributed by atoms with Gasteiger partial charge in [0.2, 0.25) is 0 Å². The Morgan fingerprint density at radius 3 is 1.08 bits per heavy atom. The predicted molar refractivity (Wildman–Crippen MR) is 154 cm³/mol. The Hall–Kier alpha value is -2.70. The third-order valence-corrected chi connectivity index (χ3v) is 8.59. The van der Waals surface area contributed by atoms with Crippen molar-refractivity contribution in [2.75, 3.05) is 0 Å². The molecule has 0 amide bonds. The van der Waals surface area contributed by atoms with Gasteiger partial charge in [0.15, 0.2) is 0 Å². The van der Waals surface area contributed by atoms with Crippen molar-refractivity contribution in [2.24, 2.45) is 0 Å². The van der Waals surface area contributed by atoms with Gasteiger partial charge in [-0.3, -0.25) is 20.2 Å². The molecule has 0 saturated heterocycles. The number of rotatable bonds is 10. The third kappa shape index (κ3) is 7.20. The zero-order valence-electron chi connectivity index (χ0n) is 18.9. The topological polar surface area (TPSA) is 95.5 Å². The van der Waals surface area contributed by atoms with Crippen molar-refractivity contribution in [3.8, 4) is 0 Å². The number of nitro groups is 2. The number of nitrogens with zero attached hydrogens (tertiary/aromatic N) is 2. The summed E-state index contributed by atoms with van der Waals surface area (Å²) in [5.74, 6) is 0. The van der Waals surface area contributed by atoms with Crippen molar-refractivity contribution in [3.05, 3.63) is 148 Å².